The molecule has 2 aromatic rings. The van der Waals surface area contributed by atoms with Gasteiger partial charge in [-0.05, 0) is 18.6 Å². The molecule has 0 aliphatic heterocycles. The zero-order chi connectivity index (χ0) is 15.4. The van der Waals surface area contributed by atoms with Crippen LogP contribution >= 0.6 is 0 Å². The molecular formula is C13H13FN6O. The predicted molar refractivity (Wildman–Crippen MR) is 74.2 cm³/mol. The first-order valence-corrected chi connectivity index (χ1v) is 6.02. The second kappa shape index (κ2) is 6.04. The van der Waals surface area contributed by atoms with Crippen molar-refractivity contribution < 1.29 is 9.18 Å². The predicted octanol–water partition coefficient (Wildman–Crippen LogP) is 0.977. The van der Waals surface area contributed by atoms with E-state index in [-0.39, 0.29) is 5.82 Å². The Kier molecular flexibility index (Phi) is 4.17. The molecule has 1 amide bonds. The number of carbonyl (C=O) groups is 1. The van der Waals surface area contributed by atoms with Gasteiger partial charge in [0, 0.05) is 6.20 Å². The normalized spacial score (nSPS) is 11.7. The first kappa shape index (κ1) is 14.5. The molecule has 4 N–H and O–H groups in total. The first-order valence-electron chi connectivity index (χ1n) is 6.02. The van der Waals surface area contributed by atoms with Crippen molar-refractivity contribution in [1.82, 2.24) is 15.0 Å². The van der Waals surface area contributed by atoms with Gasteiger partial charge in [-0.3, -0.25) is 15.2 Å². The van der Waals surface area contributed by atoms with Gasteiger partial charge in [-0.1, -0.05) is 0 Å². The number of aromatic nitrogens is 3. The van der Waals surface area contributed by atoms with E-state index in [1.54, 1.807) is 19.2 Å². The molecule has 1 atom stereocenters. The lowest BCUT2D eigenvalue weighted by Crippen LogP contribution is -2.33. The molecule has 0 aliphatic carbocycles. The average molecular weight is 288 g/mol. The number of amidine groups is 1. The van der Waals surface area contributed by atoms with E-state index in [9.17, 15) is 9.18 Å². The maximum Gasteiger partial charge on any atom is 0.242 e. The fourth-order valence-corrected chi connectivity index (χ4v) is 1.67. The van der Waals surface area contributed by atoms with Crippen LogP contribution in [-0.2, 0) is 4.79 Å². The Morgan fingerprint density at radius 1 is 1.38 bits per heavy atom. The number of nitrogens with two attached hydrogens (primary N) is 1. The molecule has 21 heavy (non-hydrogen) atoms. The van der Waals surface area contributed by atoms with Gasteiger partial charge in [-0.2, -0.15) is 0 Å². The fourth-order valence-electron chi connectivity index (χ4n) is 1.67. The third-order valence-electron chi connectivity index (χ3n) is 2.77. The number of aryl methyl sites for hydroxylation is 1. The zero-order valence-corrected chi connectivity index (χ0v) is 11.2. The summed E-state index contributed by atoms with van der Waals surface area (Å²) in [6, 6.07) is 1.73. The molecule has 0 saturated carbocycles. The van der Waals surface area contributed by atoms with E-state index in [0.29, 0.717) is 5.69 Å². The third-order valence-corrected chi connectivity index (χ3v) is 2.77. The number of anilines is 1. The van der Waals surface area contributed by atoms with Crippen LogP contribution in [0.25, 0.3) is 0 Å². The van der Waals surface area contributed by atoms with Crippen molar-refractivity contribution in [3.05, 3.63) is 48.1 Å². The lowest BCUT2D eigenvalue weighted by Gasteiger charge is -2.15. The van der Waals surface area contributed by atoms with Gasteiger partial charge in [0.1, 0.15) is 11.7 Å². The number of nitrogens with zero attached hydrogens (tertiary/aromatic N) is 3. The van der Waals surface area contributed by atoms with Gasteiger partial charge in [0.2, 0.25) is 5.91 Å². The highest BCUT2D eigenvalue weighted by molar-refractivity contribution is 6.11. The van der Waals surface area contributed by atoms with Gasteiger partial charge < -0.3 is 11.1 Å². The molecule has 0 saturated heterocycles. The highest BCUT2D eigenvalue weighted by Crippen LogP contribution is 2.17. The van der Waals surface area contributed by atoms with Crippen molar-refractivity contribution in [2.75, 3.05) is 5.32 Å². The Morgan fingerprint density at radius 2 is 2.05 bits per heavy atom. The Balaban J connectivity index is 2.26. The second-order valence-corrected chi connectivity index (χ2v) is 4.33. The van der Waals surface area contributed by atoms with Gasteiger partial charge in [0.05, 0.1) is 24.3 Å². The quantitative estimate of drug-likeness (QED) is 0.572. The van der Waals surface area contributed by atoms with E-state index >= 15 is 0 Å². The van der Waals surface area contributed by atoms with Crippen LogP contribution in [-0.4, -0.2) is 26.7 Å². The van der Waals surface area contributed by atoms with Crippen LogP contribution < -0.4 is 11.1 Å². The molecule has 2 aromatic heterocycles. The molecule has 108 valence electrons. The number of pyridine rings is 1. The van der Waals surface area contributed by atoms with Crippen molar-refractivity contribution in [3.8, 4) is 0 Å². The standard InChI is InChI=1S/C13H13FN6O/c1-7-2-3-17-6-9(7)20-13(21)10(11(15)16)12-18-4-8(14)5-19-12/h2-6,10H,1H3,(H3,15,16)(H,20,21). The van der Waals surface area contributed by atoms with E-state index in [1.165, 1.54) is 6.20 Å². The summed E-state index contributed by atoms with van der Waals surface area (Å²) >= 11 is 0. The number of hydrogen-bond acceptors (Lipinski definition) is 5. The molecule has 2 heterocycles. The Hall–Kier alpha value is -2.90. The average Bonchev–Trinajstić information content (AvgIpc) is 2.43. The molecule has 7 nitrogen and oxygen atoms in total. The van der Waals surface area contributed by atoms with Crippen LogP contribution in [0.2, 0.25) is 0 Å². The molecular weight excluding hydrogens is 275 g/mol. The highest BCUT2D eigenvalue weighted by atomic mass is 19.1. The van der Waals surface area contributed by atoms with Gasteiger partial charge in [0.15, 0.2) is 11.7 Å². The minimum atomic E-state index is -1.19. The van der Waals surface area contributed by atoms with Crippen LogP contribution in [0.5, 0.6) is 0 Å². The summed E-state index contributed by atoms with van der Waals surface area (Å²) in [6.45, 7) is 1.80. The van der Waals surface area contributed by atoms with Crippen molar-refractivity contribution in [1.29, 1.82) is 5.41 Å². The molecule has 0 fully saturated rings. The zero-order valence-electron chi connectivity index (χ0n) is 11.2. The number of rotatable bonds is 4. The minimum Gasteiger partial charge on any atom is -0.387 e. The van der Waals surface area contributed by atoms with E-state index in [0.717, 1.165) is 18.0 Å². The topological polar surface area (TPSA) is 118 Å². The van der Waals surface area contributed by atoms with Crippen molar-refractivity contribution >= 4 is 17.4 Å². The van der Waals surface area contributed by atoms with Gasteiger partial charge >= 0.3 is 0 Å². The Bertz CT molecular complexity index is 673. The lowest BCUT2D eigenvalue weighted by atomic mass is 10.1. The Morgan fingerprint density at radius 3 is 2.62 bits per heavy atom. The maximum absolute atomic E-state index is 12.8. The van der Waals surface area contributed by atoms with Crippen molar-refractivity contribution in [3.63, 3.8) is 0 Å². The third kappa shape index (κ3) is 3.35. The van der Waals surface area contributed by atoms with Crippen LogP contribution in [0.1, 0.15) is 17.3 Å². The van der Waals surface area contributed by atoms with E-state index in [4.69, 9.17) is 11.1 Å². The lowest BCUT2D eigenvalue weighted by molar-refractivity contribution is -0.116. The van der Waals surface area contributed by atoms with Crippen LogP contribution in [0, 0.1) is 18.2 Å². The maximum atomic E-state index is 12.8. The fraction of sp³-hybridized carbons (Fsp3) is 0.154. The number of halogens is 1. The first-order chi connectivity index (χ1) is 9.99. The molecule has 0 spiro atoms. The summed E-state index contributed by atoms with van der Waals surface area (Å²) in [7, 11) is 0. The summed E-state index contributed by atoms with van der Waals surface area (Å²) in [6.07, 6.45) is 4.91. The Labute approximate surface area is 120 Å². The summed E-state index contributed by atoms with van der Waals surface area (Å²) in [4.78, 5) is 23.6. The van der Waals surface area contributed by atoms with Crippen LogP contribution in [0.15, 0.2) is 30.9 Å². The van der Waals surface area contributed by atoms with Gasteiger partial charge in [-0.25, -0.2) is 14.4 Å². The summed E-state index contributed by atoms with van der Waals surface area (Å²) in [5.74, 6) is -2.87. The number of amides is 1. The summed E-state index contributed by atoms with van der Waals surface area (Å²) < 4.78 is 12.8. The van der Waals surface area contributed by atoms with E-state index < -0.39 is 23.5 Å². The smallest absolute Gasteiger partial charge is 0.242 e. The molecule has 0 radical (unpaired) electrons. The molecule has 0 aromatic carbocycles. The van der Waals surface area contributed by atoms with E-state index in [1.807, 2.05) is 0 Å². The largest absolute Gasteiger partial charge is 0.387 e. The molecule has 1 unspecified atom stereocenters. The monoisotopic (exact) mass is 288 g/mol. The molecule has 0 aliphatic rings. The molecule has 2 rings (SSSR count). The van der Waals surface area contributed by atoms with Crippen LogP contribution in [0.4, 0.5) is 10.1 Å². The highest BCUT2D eigenvalue weighted by Gasteiger charge is 2.27. The summed E-state index contributed by atoms with van der Waals surface area (Å²) in [5, 5.41) is 10.1. The van der Waals surface area contributed by atoms with Gasteiger partial charge in [0.25, 0.3) is 0 Å². The van der Waals surface area contributed by atoms with Crippen LogP contribution in [0.3, 0.4) is 0 Å². The number of carbonyl (C=O) groups excluding carboxylic acids is 1. The van der Waals surface area contributed by atoms with Gasteiger partial charge in [-0.15, -0.1) is 0 Å². The SMILES string of the molecule is Cc1ccncc1NC(=O)C(C(=N)N)c1ncc(F)cn1. The molecule has 0 bridgehead atoms. The summed E-state index contributed by atoms with van der Waals surface area (Å²) in [5.41, 5.74) is 6.73. The second-order valence-electron chi connectivity index (χ2n) is 4.33. The molecule has 8 heteroatoms. The van der Waals surface area contributed by atoms with Crippen molar-refractivity contribution in [2.24, 2.45) is 5.73 Å². The number of nitrogens with one attached hydrogen (secondary N) is 2. The van der Waals surface area contributed by atoms with Crippen molar-refractivity contribution in [2.45, 2.75) is 12.8 Å². The number of hydrogen-bond donors (Lipinski definition) is 3. The van der Waals surface area contributed by atoms with E-state index in [2.05, 4.69) is 20.3 Å². The minimum absolute atomic E-state index is 0.0389.